The van der Waals surface area contributed by atoms with Crippen LogP contribution in [0.4, 0.5) is 0 Å². The molecule has 0 radical (unpaired) electrons. The second-order valence-corrected chi connectivity index (χ2v) is 6.63. The monoisotopic (exact) mass is 307 g/mol. The Balaban J connectivity index is 1.85. The van der Waals surface area contributed by atoms with E-state index >= 15 is 0 Å². The van der Waals surface area contributed by atoms with Crippen LogP contribution in [0.15, 0.2) is 60.7 Å². The fraction of sp³-hybridized carbons (Fsp3) is 0.381. The van der Waals surface area contributed by atoms with Crippen molar-refractivity contribution in [3.05, 3.63) is 71.8 Å². The maximum Gasteiger partial charge on any atom is 0.232 e. The lowest BCUT2D eigenvalue weighted by molar-refractivity contribution is -0.123. The third kappa shape index (κ3) is 3.82. The number of carbonyl (C=O) groups excluding carboxylic acids is 1. The Bertz CT molecular complexity index is 583. The summed E-state index contributed by atoms with van der Waals surface area (Å²) in [5, 5.41) is 3.33. The second-order valence-electron chi connectivity index (χ2n) is 6.63. The first-order valence-electron chi connectivity index (χ1n) is 8.66. The highest BCUT2D eigenvalue weighted by Gasteiger charge is 2.28. The van der Waals surface area contributed by atoms with Crippen LogP contribution in [0.25, 0.3) is 0 Å². The van der Waals surface area contributed by atoms with Gasteiger partial charge < -0.3 is 5.32 Å². The van der Waals surface area contributed by atoms with Crippen LogP contribution in [-0.4, -0.2) is 11.9 Å². The first-order valence-corrected chi connectivity index (χ1v) is 8.66. The van der Waals surface area contributed by atoms with Crippen molar-refractivity contribution >= 4 is 5.91 Å². The minimum absolute atomic E-state index is 0.126. The van der Waals surface area contributed by atoms with Gasteiger partial charge in [-0.05, 0) is 29.9 Å². The lowest BCUT2D eigenvalue weighted by Crippen LogP contribution is -2.43. The van der Waals surface area contributed by atoms with E-state index in [9.17, 15) is 4.79 Å². The highest BCUT2D eigenvalue weighted by molar-refractivity contribution is 5.87. The molecule has 1 aliphatic carbocycles. The van der Waals surface area contributed by atoms with Crippen LogP contribution >= 0.6 is 0 Å². The summed E-state index contributed by atoms with van der Waals surface area (Å²) in [4.78, 5) is 13.0. The molecule has 0 aliphatic heterocycles. The highest BCUT2D eigenvalue weighted by Crippen LogP contribution is 2.28. The summed E-state index contributed by atoms with van der Waals surface area (Å²) < 4.78 is 0. The number of carbonyl (C=O) groups is 1. The minimum Gasteiger partial charge on any atom is -0.352 e. The summed E-state index contributed by atoms with van der Waals surface area (Å²) in [5.41, 5.74) is 2.11. The normalized spacial score (nSPS) is 21.1. The average molecular weight is 307 g/mol. The van der Waals surface area contributed by atoms with Gasteiger partial charge in [-0.1, -0.05) is 80.4 Å². The van der Waals surface area contributed by atoms with Crippen LogP contribution < -0.4 is 5.32 Å². The Morgan fingerprint density at radius 3 is 1.96 bits per heavy atom. The van der Waals surface area contributed by atoms with E-state index in [4.69, 9.17) is 0 Å². The first-order chi connectivity index (χ1) is 11.3. The molecule has 0 bridgehead atoms. The molecule has 2 aromatic carbocycles. The van der Waals surface area contributed by atoms with Crippen molar-refractivity contribution in [1.82, 2.24) is 5.32 Å². The maximum absolute atomic E-state index is 13.0. The van der Waals surface area contributed by atoms with Gasteiger partial charge in [0.25, 0.3) is 0 Å². The molecule has 1 fully saturated rings. The molecule has 2 atom stereocenters. The van der Waals surface area contributed by atoms with Crippen molar-refractivity contribution in [2.24, 2.45) is 5.92 Å². The van der Waals surface area contributed by atoms with Gasteiger partial charge in [-0.25, -0.2) is 0 Å². The average Bonchev–Trinajstić information content (AvgIpc) is 2.59. The Morgan fingerprint density at radius 2 is 1.43 bits per heavy atom. The lowest BCUT2D eigenvalue weighted by atomic mass is 9.84. The van der Waals surface area contributed by atoms with Crippen LogP contribution in [0.5, 0.6) is 0 Å². The van der Waals surface area contributed by atoms with Gasteiger partial charge in [-0.15, -0.1) is 0 Å². The molecule has 0 spiro atoms. The largest absolute Gasteiger partial charge is 0.352 e. The van der Waals surface area contributed by atoms with Gasteiger partial charge >= 0.3 is 0 Å². The molecule has 0 saturated heterocycles. The predicted molar refractivity (Wildman–Crippen MR) is 94.3 cm³/mol. The highest BCUT2D eigenvalue weighted by atomic mass is 16.1. The van der Waals surface area contributed by atoms with Crippen LogP contribution in [0.1, 0.15) is 49.7 Å². The zero-order valence-corrected chi connectivity index (χ0v) is 13.7. The van der Waals surface area contributed by atoms with E-state index in [-0.39, 0.29) is 11.8 Å². The SMILES string of the molecule is C[C@@H]1CCCC[C@@H]1NC(=O)C(c1ccccc1)c1ccccc1. The van der Waals surface area contributed by atoms with Gasteiger partial charge in [-0.2, -0.15) is 0 Å². The molecule has 1 N–H and O–H groups in total. The van der Waals surface area contributed by atoms with Crippen LogP contribution in [0.2, 0.25) is 0 Å². The smallest absolute Gasteiger partial charge is 0.232 e. The summed E-state index contributed by atoms with van der Waals surface area (Å²) in [6, 6.07) is 20.5. The molecule has 2 heteroatoms. The Morgan fingerprint density at radius 1 is 0.913 bits per heavy atom. The van der Waals surface area contributed by atoms with Crippen molar-refractivity contribution in [2.75, 3.05) is 0 Å². The predicted octanol–water partition coefficient (Wildman–Crippen LogP) is 4.51. The van der Waals surface area contributed by atoms with Crippen molar-refractivity contribution < 1.29 is 4.79 Å². The van der Waals surface area contributed by atoms with E-state index < -0.39 is 0 Å². The van der Waals surface area contributed by atoms with Crippen molar-refractivity contribution in [3.8, 4) is 0 Å². The van der Waals surface area contributed by atoms with Crippen molar-refractivity contribution in [3.63, 3.8) is 0 Å². The van der Waals surface area contributed by atoms with E-state index in [1.165, 1.54) is 19.3 Å². The molecule has 3 rings (SSSR count). The van der Waals surface area contributed by atoms with Crippen molar-refractivity contribution in [2.45, 2.75) is 44.6 Å². The number of amides is 1. The zero-order valence-electron chi connectivity index (χ0n) is 13.7. The summed E-state index contributed by atoms with van der Waals surface area (Å²) in [5.74, 6) is 0.465. The van der Waals surface area contributed by atoms with E-state index in [0.29, 0.717) is 12.0 Å². The number of benzene rings is 2. The molecule has 1 saturated carbocycles. The van der Waals surface area contributed by atoms with Crippen LogP contribution in [0.3, 0.4) is 0 Å². The molecule has 0 unspecified atom stereocenters. The van der Waals surface area contributed by atoms with E-state index in [2.05, 4.69) is 12.2 Å². The molecule has 2 nitrogen and oxygen atoms in total. The molecular formula is C21H25NO. The fourth-order valence-electron chi connectivity index (χ4n) is 3.58. The standard InChI is InChI=1S/C21H25NO/c1-16-10-8-9-15-19(16)22-21(23)20(17-11-4-2-5-12-17)18-13-6-3-7-14-18/h2-7,11-14,16,19-20H,8-10,15H2,1H3,(H,22,23)/t16-,19+/m1/s1. The summed E-state index contributed by atoms with van der Waals surface area (Å²) in [6.07, 6.45) is 4.82. The number of nitrogens with one attached hydrogen (secondary N) is 1. The third-order valence-corrected chi connectivity index (χ3v) is 4.97. The number of hydrogen-bond acceptors (Lipinski definition) is 1. The van der Waals surface area contributed by atoms with Gasteiger partial charge in [0, 0.05) is 6.04 Å². The Labute approximate surface area is 138 Å². The van der Waals surface area contributed by atoms with Gasteiger partial charge in [0.2, 0.25) is 5.91 Å². The molecule has 0 aromatic heterocycles. The first kappa shape index (κ1) is 15.8. The molecule has 2 aromatic rings. The third-order valence-electron chi connectivity index (χ3n) is 4.97. The zero-order chi connectivity index (χ0) is 16.1. The topological polar surface area (TPSA) is 29.1 Å². The molecule has 23 heavy (non-hydrogen) atoms. The molecule has 120 valence electrons. The van der Waals surface area contributed by atoms with E-state index in [1.54, 1.807) is 0 Å². The van der Waals surface area contributed by atoms with Gasteiger partial charge in [0.15, 0.2) is 0 Å². The Kier molecular flexibility index (Phi) is 5.12. The summed E-state index contributed by atoms with van der Waals surface area (Å²) in [7, 11) is 0. The maximum atomic E-state index is 13.0. The lowest BCUT2D eigenvalue weighted by Gasteiger charge is -2.31. The van der Waals surface area contributed by atoms with Crippen LogP contribution in [-0.2, 0) is 4.79 Å². The van der Waals surface area contributed by atoms with Gasteiger partial charge in [0.05, 0.1) is 5.92 Å². The van der Waals surface area contributed by atoms with Crippen molar-refractivity contribution in [1.29, 1.82) is 0 Å². The summed E-state index contributed by atoms with van der Waals surface area (Å²) >= 11 is 0. The number of rotatable bonds is 4. The minimum atomic E-state index is -0.230. The quantitative estimate of drug-likeness (QED) is 0.884. The molecule has 1 aliphatic rings. The van der Waals surface area contributed by atoms with E-state index in [0.717, 1.165) is 17.5 Å². The molecule has 0 heterocycles. The van der Waals surface area contributed by atoms with Gasteiger partial charge in [0.1, 0.15) is 0 Å². The van der Waals surface area contributed by atoms with E-state index in [1.807, 2.05) is 60.7 Å². The van der Waals surface area contributed by atoms with Gasteiger partial charge in [-0.3, -0.25) is 4.79 Å². The number of hydrogen-bond donors (Lipinski definition) is 1. The molecular weight excluding hydrogens is 282 g/mol. The fourth-order valence-corrected chi connectivity index (χ4v) is 3.58. The summed E-state index contributed by atoms with van der Waals surface area (Å²) in [6.45, 7) is 2.25. The Hall–Kier alpha value is -2.09. The second kappa shape index (κ2) is 7.45. The van der Waals surface area contributed by atoms with Crippen LogP contribution in [0, 0.1) is 5.92 Å². The molecule has 1 amide bonds.